The zero-order valence-electron chi connectivity index (χ0n) is 13.7. The number of halogens is 2. The maximum Gasteiger partial charge on any atom is 0.288 e. The maximum absolute atomic E-state index is 12.4. The molecule has 0 saturated carbocycles. The summed E-state index contributed by atoms with van der Waals surface area (Å²) in [5.74, 6) is -3.02. The molecule has 0 heterocycles. The van der Waals surface area contributed by atoms with Crippen molar-refractivity contribution in [1.82, 2.24) is 0 Å². The van der Waals surface area contributed by atoms with Crippen molar-refractivity contribution in [2.45, 2.75) is 10.7 Å². The number of rotatable bonds is 7. The predicted molar refractivity (Wildman–Crippen MR) is 92.5 cm³/mol. The third-order valence-electron chi connectivity index (χ3n) is 3.28. The van der Waals surface area contributed by atoms with Gasteiger partial charge in [-0.25, -0.2) is 0 Å². The van der Waals surface area contributed by atoms with Crippen LogP contribution >= 0.6 is 11.8 Å². The van der Waals surface area contributed by atoms with Gasteiger partial charge in [0.25, 0.3) is 17.4 Å². The number of alkyl halides is 2. The highest BCUT2D eigenvalue weighted by molar-refractivity contribution is 7.99. The summed E-state index contributed by atoms with van der Waals surface area (Å²) >= 11 is 0.372. The second kappa shape index (κ2) is 8.48. The lowest BCUT2D eigenvalue weighted by Gasteiger charge is -2.11. The van der Waals surface area contributed by atoms with Crippen LogP contribution in [0.2, 0.25) is 0 Å². The zero-order chi connectivity index (χ0) is 19.3. The Bertz CT molecular complexity index is 815. The third-order valence-corrected chi connectivity index (χ3v) is 4.00. The number of nitrogens with zero attached hydrogens (tertiary/aromatic N) is 1. The van der Waals surface area contributed by atoms with E-state index in [1.165, 1.54) is 44.6 Å². The van der Waals surface area contributed by atoms with Gasteiger partial charge in [-0.2, -0.15) is 8.78 Å². The summed E-state index contributed by atoms with van der Waals surface area (Å²) in [5.41, 5.74) is -0.374. The van der Waals surface area contributed by atoms with Gasteiger partial charge in [0.15, 0.2) is 11.5 Å². The Morgan fingerprint density at radius 2 is 1.73 bits per heavy atom. The van der Waals surface area contributed by atoms with Crippen molar-refractivity contribution in [3.8, 4) is 11.5 Å². The van der Waals surface area contributed by atoms with Crippen LogP contribution in [0.15, 0.2) is 41.3 Å². The quantitative estimate of drug-likeness (QED) is 0.438. The summed E-state index contributed by atoms with van der Waals surface area (Å²) in [6.07, 6.45) is 0. The van der Waals surface area contributed by atoms with Crippen molar-refractivity contribution < 1.29 is 28.0 Å². The Kier molecular flexibility index (Phi) is 6.34. The minimum atomic E-state index is -2.55. The molecule has 2 rings (SSSR count). The fraction of sp³-hybridized carbons (Fsp3) is 0.188. The fourth-order valence-electron chi connectivity index (χ4n) is 2.12. The van der Waals surface area contributed by atoms with Crippen molar-refractivity contribution in [1.29, 1.82) is 0 Å². The second-order valence-corrected chi connectivity index (χ2v) is 5.90. The molecule has 1 N–H and O–H groups in total. The lowest BCUT2D eigenvalue weighted by molar-refractivity contribution is -0.385. The van der Waals surface area contributed by atoms with E-state index in [1.807, 2.05) is 0 Å². The molecule has 0 bridgehead atoms. The number of hydrogen-bond donors (Lipinski definition) is 1. The topological polar surface area (TPSA) is 90.7 Å². The van der Waals surface area contributed by atoms with Crippen LogP contribution in [0.4, 0.5) is 20.2 Å². The Hall–Kier alpha value is -2.88. The summed E-state index contributed by atoms with van der Waals surface area (Å²) in [7, 11) is 2.66. The minimum absolute atomic E-state index is 0.115. The van der Waals surface area contributed by atoms with E-state index in [2.05, 4.69) is 5.32 Å². The molecule has 26 heavy (non-hydrogen) atoms. The molecule has 7 nitrogen and oxygen atoms in total. The van der Waals surface area contributed by atoms with Crippen LogP contribution < -0.4 is 14.8 Å². The number of nitro groups is 1. The summed E-state index contributed by atoms with van der Waals surface area (Å²) in [6, 6.07) is 7.97. The number of nitrogens with one attached hydrogen (secondary N) is 1. The average molecular weight is 384 g/mol. The molecular weight excluding hydrogens is 370 g/mol. The van der Waals surface area contributed by atoms with Gasteiger partial charge in [0.1, 0.15) is 5.56 Å². The Morgan fingerprint density at radius 3 is 2.23 bits per heavy atom. The largest absolute Gasteiger partial charge is 0.493 e. The van der Waals surface area contributed by atoms with Crippen molar-refractivity contribution in [2.75, 3.05) is 19.5 Å². The van der Waals surface area contributed by atoms with E-state index in [0.717, 1.165) is 6.07 Å². The van der Waals surface area contributed by atoms with Crippen LogP contribution in [0, 0.1) is 10.1 Å². The molecule has 0 aromatic heterocycles. The van der Waals surface area contributed by atoms with Crippen molar-refractivity contribution in [3.05, 3.63) is 52.1 Å². The first-order chi connectivity index (χ1) is 12.3. The van der Waals surface area contributed by atoms with Crippen LogP contribution in [-0.2, 0) is 0 Å². The first-order valence-corrected chi connectivity index (χ1v) is 8.00. The van der Waals surface area contributed by atoms with E-state index in [1.54, 1.807) is 0 Å². The monoisotopic (exact) mass is 384 g/mol. The summed E-state index contributed by atoms with van der Waals surface area (Å²) in [6.45, 7) is 0. The highest BCUT2D eigenvalue weighted by Gasteiger charge is 2.24. The molecule has 138 valence electrons. The molecule has 0 spiro atoms. The van der Waals surface area contributed by atoms with E-state index in [-0.39, 0.29) is 17.1 Å². The summed E-state index contributed by atoms with van der Waals surface area (Å²) in [4.78, 5) is 23.3. The SMILES string of the molecule is COc1cc(C(=O)Nc2ccc(SC(F)F)cc2)c([N+](=O)[O-])cc1OC. The van der Waals surface area contributed by atoms with Crippen LogP contribution in [0.1, 0.15) is 10.4 Å². The van der Waals surface area contributed by atoms with Crippen LogP contribution in [0.25, 0.3) is 0 Å². The molecule has 10 heteroatoms. The average Bonchev–Trinajstić information content (AvgIpc) is 2.61. The van der Waals surface area contributed by atoms with Crippen molar-refractivity contribution in [2.24, 2.45) is 0 Å². The van der Waals surface area contributed by atoms with Gasteiger partial charge in [0.2, 0.25) is 0 Å². The molecule has 0 radical (unpaired) electrons. The number of carbonyl (C=O) groups is 1. The number of anilines is 1. The number of carbonyl (C=O) groups excluding carboxylic acids is 1. The third kappa shape index (κ3) is 4.60. The highest BCUT2D eigenvalue weighted by atomic mass is 32.2. The molecule has 0 fully saturated rings. The van der Waals surface area contributed by atoms with Crippen LogP contribution in [0.3, 0.4) is 0 Å². The standard InChI is InChI=1S/C16H14F2N2O5S/c1-24-13-7-11(12(20(22)23)8-14(13)25-2)15(21)19-9-3-5-10(6-4-9)26-16(17)18/h3-8,16H,1-2H3,(H,19,21). The van der Waals surface area contributed by atoms with Gasteiger partial charge >= 0.3 is 0 Å². The molecule has 0 aliphatic carbocycles. The number of benzene rings is 2. The smallest absolute Gasteiger partial charge is 0.288 e. The van der Waals surface area contributed by atoms with Gasteiger partial charge in [-0.1, -0.05) is 11.8 Å². The first kappa shape index (κ1) is 19.4. The summed E-state index contributed by atoms with van der Waals surface area (Å²) in [5, 5.41) is 13.7. The van der Waals surface area contributed by atoms with Gasteiger partial charge in [-0.3, -0.25) is 14.9 Å². The normalized spacial score (nSPS) is 10.5. The van der Waals surface area contributed by atoms with E-state index in [0.29, 0.717) is 22.3 Å². The number of methoxy groups -OCH3 is 2. The van der Waals surface area contributed by atoms with Gasteiger partial charge in [0.05, 0.1) is 25.2 Å². The number of nitro benzene ring substituents is 1. The predicted octanol–water partition coefficient (Wildman–Crippen LogP) is 4.18. The molecule has 2 aromatic rings. The number of ether oxygens (including phenoxy) is 2. The molecule has 0 aliphatic heterocycles. The lowest BCUT2D eigenvalue weighted by Crippen LogP contribution is -2.14. The minimum Gasteiger partial charge on any atom is -0.493 e. The highest BCUT2D eigenvalue weighted by Crippen LogP contribution is 2.35. The van der Waals surface area contributed by atoms with E-state index in [4.69, 9.17) is 9.47 Å². The molecule has 0 atom stereocenters. The fourth-order valence-corrected chi connectivity index (χ4v) is 2.62. The van der Waals surface area contributed by atoms with Crippen LogP contribution in [-0.4, -0.2) is 30.8 Å². The van der Waals surface area contributed by atoms with Gasteiger partial charge in [-0.15, -0.1) is 0 Å². The molecule has 0 unspecified atom stereocenters. The molecular formula is C16H14F2N2O5S. The first-order valence-electron chi connectivity index (χ1n) is 7.12. The lowest BCUT2D eigenvalue weighted by atomic mass is 10.1. The van der Waals surface area contributed by atoms with Gasteiger partial charge in [-0.05, 0) is 24.3 Å². The Morgan fingerprint density at radius 1 is 1.15 bits per heavy atom. The molecule has 1 amide bonds. The maximum atomic E-state index is 12.4. The Labute approximate surface area is 151 Å². The van der Waals surface area contributed by atoms with E-state index >= 15 is 0 Å². The Balaban J connectivity index is 2.29. The second-order valence-electron chi connectivity index (χ2n) is 4.84. The molecule has 0 saturated heterocycles. The van der Waals surface area contributed by atoms with Crippen molar-refractivity contribution >= 4 is 29.0 Å². The van der Waals surface area contributed by atoms with Crippen molar-refractivity contribution in [3.63, 3.8) is 0 Å². The zero-order valence-corrected chi connectivity index (χ0v) is 14.5. The van der Waals surface area contributed by atoms with E-state index in [9.17, 15) is 23.7 Å². The summed E-state index contributed by atoms with van der Waals surface area (Å²) < 4.78 is 34.7. The van der Waals surface area contributed by atoms with Gasteiger partial charge in [0, 0.05) is 16.6 Å². The number of hydrogen-bond acceptors (Lipinski definition) is 6. The number of amides is 1. The molecule has 2 aromatic carbocycles. The van der Waals surface area contributed by atoms with Crippen LogP contribution in [0.5, 0.6) is 11.5 Å². The van der Waals surface area contributed by atoms with Gasteiger partial charge < -0.3 is 14.8 Å². The number of thioether (sulfide) groups is 1. The molecule has 0 aliphatic rings. The van der Waals surface area contributed by atoms with E-state index < -0.39 is 22.3 Å².